The fraction of sp³-hybridized carbons (Fsp3) is 0.160. The molecule has 0 fully saturated rings. The second-order valence-corrected chi connectivity index (χ2v) is 7.85. The minimum Gasteiger partial charge on any atom is -0.369 e. The number of fused-ring (bicyclic) bond motifs is 1. The summed E-state index contributed by atoms with van der Waals surface area (Å²) in [4.78, 5) is 0. The molecule has 4 aromatic rings. The number of hydrogen-bond acceptors (Lipinski definition) is 2. The lowest BCUT2D eigenvalue weighted by Crippen LogP contribution is -2.10. The highest BCUT2D eigenvalue weighted by Crippen LogP contribution is 2.39. The molecule has 2 heterocycles. The van der Waals surface area contributed by atoms with Gasteiger partial charge in [0.1, 0.15) is 5.82 Å². The van der Waals surface area contributed by atoms with Gasteiger partial charge < -0.3 is 5.32 Å². The number of aromatic nitrogens is 2. The Morgan fingerprint density at radius 3 is 2.21 bits per heavy atom. The summed E-state index contributed by atoms with van der Waals surface area (Å²) in [6.45, 7) is 2.97. The number of benzene rings is 3. The van der Waals surface area contributed by atoms with Crippen LogP contribution in [0.2, 0.25) is 5.02 Å². The first-order chi connectivity index (χ1) is 14.2. The van der Waals surface area contributed by atoms with Crippen LogP contribution in [0.4, 0.5) is 5.82 Å². The molecule has 5 rings (SSSR count). The third kappa shape index (κ3) is 3.12. The smallest absolute Gasteiger partial charge is 0.133 e. The highest BCUT2D eigenvalue weighted by molar-refractivity contribution is 6.31. The molecule has 0 atom stereocenters. The molecule has 0 radical (unpaired) electrons. The van der Waals surface area contributed by atoms with Crippen LogP contribution < -0.4 is 5.32 Å². The Morgan fingerprint density at radius 2 is 1.55 bits per heavy atom. The molecule has 0 saturated heterocycles. The van der Waals surface area contributed by atoms with Gasteiger partial charge in [0, 0.05) is 17.1 Å². The van der Waals surface area contributed by atoms with Gasteiger partial charge in [-0.15, -0.1) is 0 Å². The SMILES string of the molecule is Cc1c(Cl)cccc1-n1nc(C(c2ccccc2)c2ccccc2)c2c1NCC2. The quantitative estimate of drug-likeness (QED) is 0.457. The van der Waals surface area contributed by atoms with Crippen molar-refractivity contribution in [3.8, 4) is 5.69 Å². The van der Waals surface area contributed by atoms with Gasteiger partial charge in [-0.25, -0.2) is 4.68 Å². The highest BCUT2D eigenvalue weighted by Gasteiger charge is 2.30. The van der Waals surface area contributed by atoms with Crippen molar-refractivity contribution in [1.29, 1.82) is 0 Å². The van der Waals surface area contributed by atoms with Crippen molar-refractivity contribution >= 4 is 17.4 Å². The maximum atomic E-state index is 6.41. The number of nitrogens with zero attached hydrogens (tertiary/aromatic N) is 2. The molecular formula is C25H22ClN3. The molecule has 0 spiro atoms. The topological polar surface area (TPSA) is 29.9 Å². The fourth-order valence-corrected chi connectivity index (χ4v) is 4.40. The standard InChI is InChI=1S/C25H22ClN3/c1-17-21(26)13-8-14-22(17)29-25-20(15-16-27-25)24(28-29)23(18-9-4-2-5-10-18)19-11-6-3-7-12-19/h2-14,23,27H,15-16H2,1H3. The summed E-state index contributed by atoms with van der Waals surface area (Å²) in [6, 6.07) is 27.3. The molecule has 0 amide bonds. The van der Waals surface area contributed by atoms with E-state index in [0.717, 1.165) is 40.8 Å². The molecule has 1 aromatic heterocycles. The van der Waals surface area contributed by atoms with Crippen molar-refractivity contribution in [3.05, 3.63) is 112 Å². The molecule has 1 N–H and O–H groups in total. The Kier molecular flexibility index (Phi) is 4.61. The van der Waals surface area contributed by atoms with Gasteiger partial charge >= 0.3 is 0 Å². The number of anilines is 1. The third-order valence-electron chi connectivity index (χ3n) is 5.69. The van der Waals surface area contributed by atoms with Gasteiger partial charge in [-0.1, -0.05) is 78.3 Å². The molecule has 0 bridgehead atoms. The zero-order valence-corrected chi connectivity index (χ0v) is 17.0. The molecule has 0 saturated carbocycles. The zero-order valence-electron chi connectivity index (χ0n) is 16.3. The maximum absolute atomic E-state index is 6.41. The summed E-state index contributed by atoms with van der Waals surface area (Å²) >= 11 is 6.41. The van der Waals surface area contributed by atoms with E-state index in [4.69, 9.17) is 16.7 Å². The summed E-state index contributed by atoms with van der Waals surface area (Å²) in [5.41, 5.74) is 6.97. The summed E-state index contributed by atoms with van der Waals surface area (Å²) in [7, 11) is 0. The number of hydrogen-bond donors (Lipinski definition) is 1. The average molecular weight is 400 g/mol. The van der Waals surface area contributed by atoms with Crippen LogP contribution in [0.5, 0.6) is 0 Å². The number of nitrogens with one attached hydrogen (secondary N) is 1. The maximum Gasteiger partial charge on any atom is 0.133 e. The van der Waals surface area contributed by atoms with Crippen LogP contribution in [-0.4, -0.2) is 16.3 Å². The summed E-state index contributed by atoms with van der Waals surface area (Å²) in [6.07, 6.45) is 0.973. The first-order valence-corrected chi connectivity index (χ1v) is 10.3. The van der Waals surface area contributed by atoms with Crippen LogP contribution in [0, 0.1) is 6.92 Å². The highest BCUT2D eigenvalue weighted by atomic mass is 35.5. The molecule has 0 aliphatic carbocycles. The van der Waals surface area contributed by atoms with E-state index in [1.165, 1.54) is 16.7 Å². The van der Waals surface area contributed by atoms with Crippen molar-refractivity contribution < 1.29 is 0 Å². The molecule has 1 aliphatic heterocycles. The molecule has 29 heavy (non-hydrogen) atoms. The average Bonchev–Trinajstić information content (AvgIpc) is 3.36. The molecular weight excluding hydrogens is 378 g/mol. The van der Waals surface area contributed by atoms with E-state index >= 15 is 0 Å². The lowest BCUT2D eigenvalue weighted by molar-refractivity contribution is 0.799. The predicted octanol–water partition coefficient (Wildman–Crippen LogP) is 5.98. The summed E-state index contributed by atoms with van der Waals surface area (Å²) in [5.74, 6) is 1.18. The van der Waals surface area contributed by atoms with E-state index in [-0.39, 0.29) is 5.92 Å². The molecule has 3 aromatic carbocycles. The monoisotopic (exact) mass is 399 g/mol. The Hall–Kier alpha value is -3.04. The Balaban J connectivity index is 1.73. The van der Waals surface area contributed by atoms with Gasteiger partial charge in [-0.2, -0.15) is 5.10 Å². The van der Waals surface area contributed by atoms with E-state index in [1.807, 2.05) is 23.7 Å². The largest absolute Gasteiger partial charge is 0.369 e. The van der Waals surface area contributed by atoms with Crippen molar-refractivity contribution in [2.24, 2.45) is 0 Å². The van der Waals surface area contributed by atoms with E-state index in [0.29, 0.717) is 0 Å². The van der Waals surface area contributed by atoms with Crippen molar-refractivity contribution in [1.82, 2.24) is 9.78 Å². The Labute approximate surface area is 176 Å². The Morgan fingerprint density at radius 1 is 0.897 bits per heavy atom. The van der Waals surface area contributed by atoms with E-state index in [1.54, 1.807) is 0 Å². The number of halogens is 1. The van der Waals surface area contributed by atoms with Gasteiger partial charge in [0.2, 0.25) is 0 Å². The van der Waals surface area contributed by atoms with Crippen molar-refractivity contribution in [2.45, 2.75) is 19.3 Å². The molecule has 4 heteroatoms. The van der Waals surface area contributed by atoms with Crippen molar-refractivity contribution in [2.75, 3.05) is 11.9 Å². The van der Waals surface area contributed by atoms with Crippen molar-refractivity contribution in [3.63, 3.8) is 0 Å². The van der Waals surface area contributed by atoms with Gasteiger partial charge in [-0.05, 0) is 42.2 Å². The molecule has 144 valence electrons. The summed E-state index contributed by atoms with van der Waals surface area (Å²) in [5, 5.41) is 9.46. The predicted molar refractivity (Wildman–Crippen MR) is 119 cm³/mol. The van der Waals surface area contributed by atoms with Crippen LogP contribution in [0.15, 0.2) is 78.9 Å². The van der Waals surface area contributed by atoms with Crippen LogP contribution in [0.25, 0.3) is 5.69 Å². The third-order valence-corrected chi connectivity index (χ3v) is 6.10. The van der Waals surface area contributed by atoms with Gasteiger partial charge in [0.25, 0.3) is 0 Å². The van der Waals surface area contributed by atoms with Gasteiger partial charge in [0.15, 0.2) is 0 Å². The minimum atomic E-state index is 0.0896. The zero-order chi connectivity index (χ0) is 19.8. The van der Waals surface area contributed by atoms with Crippen LogP contribution >= 0.6 is 11.6 Å². The minimum absolute atomic E-state index is 0.0896. The van der Waals surface area contributed by atoms with E-state index < -0.39 is 0 Å². The Bertz CT molecular complexity index is 1110. The van der Waals surface area contributed by atoms with Crippen LogP contribution in [0.3, 0.4) is 0 Å². The first-order valence-electron chi connectivity index (χ1n) is 9.95. The van der Waals surface area contributed by atoms with E-state index in [9.17, 15) is 0 Å². The molecule has 0 unspecified atom stereocenters. The lowest BCUT2D eigenvalue weighted by Gasteiger charge is -2.17. The molecule has 3 nitrogen and oxygen atoms in total. The van der Waals surface area contributed by atoms with Crippen LogP contribution in [0.1, 0.15) is 33.9 Å². The van der Waals surface area contributed by atoms with Gasteiger partial charge in [-0.3, -0.25) is 0 Å². The first kappa shape index (κ1) is 18.0. The number of rotatable bonds is 4. The second-order valence-electron chi connectivity index (χ2n) is 7.44. The lowest BCUT2D eigenvalue weighted by atomic mass is 9.86. The summed E-state index contributed by atoms with van der Waals surface area (Å²) < 4.78 is 2.04. The second kappa shape index (κ2) is 7.41. The molecule has 1 aliphatic rings. The normalized spacial score (nSPS) is 12.8. The van der Waals surface area contributed by atoms with Crippen LogP contribution in [-0.2, 0) is 6.42 Å². The van der Waals surface area contributed by atoms with E-state index in [2.05, 4.69) is 72.0 Å². The fourth-order valence-electron chi connectivity index (χ4n) is 4.23. The van der Waals surface area contributed by atoms with Gasteiger partial charge in [0.05, 0.1) is 17.3 Å².